The lowest BCUT2D eigenvalue weighted by molar-refractivity contribution is -0.117. The number of alkyl halides is 1. The zero-order valence-corrected chi connectivity index (χ0v) is 17.0. The van der Waals surface area contributed by atoms with Gasteiger partial charge in [-0.25, -0.2) is 9.37 Å². The summed E-state index contributed by atoms with van der Waals surface area (Å²) in [6.07, 6.45) is 2.97. The van der Waals surface area contributed by atoms with Crippen LogP contribution < -0.4 is 20.3 Å². The van der Waals surface area contributed by atoms with Gasteiger partial charge in [0.25, 0.3) is 5.88 Å². The fourth-order valence-electron chi connectivity index (χ4n) is 3.20. The molecule has 3 aromatic rings. The van der Waals surface area contributed by atoms with Crippen molar-refractivity contribution in [1.82, 2.24) is 34.7 Å². The molecule has 158 valence electrons. The molecule has 0 saturated carbocycles. The Morgan fingerprint density at radius 1 is 1.43 bits per heavy atom. The predicted molar refractivity (Wildman–Crippen MR) is 108 cm³/mol. The number of aromatic nitrogens is 6. The van der Waals surface area contributed by atoms with Crippen LogP contribution in [0.2, 0.25) is 5.15 Å². The fraction of sp³-hybridized carbons (Fsp3) is 0.353. The van der Waals surface area contributed by atoms with Gasteiger partial charge in [-0.1, -0.05) is 18.2 Å². The summed E-state index contributed by atoms with van der Waals surface area (Å²) in [5.41, 5.74) is 0.939. The number of rotatable bonds is 6. The Morgan fingerprint density at radius 3 is 2.97 bits per heavy atom. The van der Waals surface area contributed by atoms with Crippen molar-refractivity contribution in [2.45, 2.75) is 12.2 Å². The number of amides is 1. The summed E-state index contributed by atoms with van der Waals surface area (Å²) in [5.74, 6) is 0.494. The number of nitrogens with zero attached hydrogens (tertiary/aromatic N) is 7. The van der Waals surface area contributed by atoms with Crippen molar-refractivity contribution in [1.29, 1.82) is 0 Å². The maximum absolute atomic E-state index is 14.5. The van der Waals surface area contributed by atoms with Crippen molar-refractivity contribution in [3.63, 3.8) is 0 Å². The van der Waals surface area contributed by atoms with E-state index in [1.165, 1.54) is 17.8 Å². The molecule has 1 saturated heterocycles. The number of halogens is 2. The molecule has 0 aliphatic carbocycles. The minimum Gasteiger partial charge on any atom is -0.478 e. The standard InChI is InChI=1S/C17H19ClFN9O2/c1-4-13(29)21-10-8-27(6-9(10)19)17-23-14(15-20-5-12(18)28(15)25-17)22-11-7-26(2)24-16(11)30-3/h4-5,7,9-10H,1,6,8H2,2-3H3,(H,21,29)(H,22,23,25). The number of hydrogen-bond acceptors (Lipinski definition) is 8. The van der Waals surface area contributed by atoms with E-state index in [9.17, 15) is 9.18 Å². The Labute approximate surface area is 175 Å². The normalized spacial score (nSPS) is 18.6. The third kappa shape index (κ3) is 3.61. The topological polar surface area (TPSA) is 115 Å². The number of methoxy groups -OCH3 is 1. The molecular formula is C17H19ClFN9O2. The van der Waals surface area contributed by atoms with E-state index in [-0.39, 0.29) is 24.2 Å². The first-order valence-corrected chi connectivity index (χ1v) is 9.35. The van der Waals surface area contributed by atoms with Crippen molar-refractivity contribution < 1.29 is 13.9 Å². The number of ether oxygens (including phenoxy) is 1. The molecule has 0 radical (unpaired) electrons. The maximum Gasteiger partial charge on any atom is 0.256 e. The van der Waals surface area contributed by atoms with Crippen molar-refractivity contribution in [3.8, 4) is 5.88 Å². The molecule has 1 amide bonds. The summed E-state index contributed by atoms with van der Waals surface area (Å²) < 4.78 is 22.7. The van der Waals surface area contributed by atoms with Crippen LogP contribution in [0.4, 0.5) is 21.8 Å². The zero-order valence-electron chi connectivity index (χ0n) is 16.2. The summed E-state index contributed by atoms with van der Waals surface area (Å²) in [4.78, 5) is 21.9. The SMILES string of the molecule is C=CC(=O)NC1CN(c2nc(Nc3cn(C)nc3OC)c3ncc(Cl)n3n2)CC1F. The van der Waals surface area contributed by atoms with E-state index in [4.69, 9.17) is 16.3 Å². The lowest BCUT2D eigenvalue weighted by atomic mass is 10.2. The van der Waals surface area contributed by atoms with E-state index in [0.717, 1.165) is 6.08 Å². The summed E-state index contributed by atoms with van der Waals surface area (Å²) >= 11 is 6.21. The summed E-state index contributed by atoms with van der Waals surface area (Å²) in [7, 11) is 3.26. The van der Waals surface area contributed by atoms with Gasteiger partial charge in [-0.15, -0.1) is 10.2 Å². The second-order valence-electron chi connectivity index (χ2n) is 6.67. The first-order valence-electron chi connectivity index (χ1n) is 8.97. The number of aryl methyl sites for hydroxylation is 1. The molecule has 4 heterocycles. The molecule has 13 heteroatoms. The molecule has 30 heavy (non-hydrogen) atoms. The molecule has 1 aliphatic rings. The molecular weight excluding hydrogens is 417 g/mol. The van der Waals surface area contributed by atoms with Crippen LogP contribution in [-0.4, -0.2) is 67.7 Å². The molecule has 3 aromatic heterocycles. The lowest BCUT2D eigenvalue weighted by Gasteiger charge is -2.17. The Balaban J connectivity index is 1.69. The molecule has 11 nitrogen and oxygen atoms in total. The van der Waals surface area contributed by atoms with Crippen LogP contribution in [0.1, 0.15) is 0 Å². The highest BCUT2D eigenvalue weighted by Gasteiger charge is 2.35. The summed E-state index contributed by atoms with van der Waals surface area (Å²) in [6, 6.07) is -0.706. The average molecular weight is 436 g/mol. The number of carbonyl (C=O) groups excluding carboxylic acids is 1. The van der Waals surface area contributed by atoms with E-state index < -0.39 is 18.1 Å². The van der Waals surface area contributed by atoms with Crippen molar-refractivity contribution in [3.05, 3.63) is 30.2 Å². The summed E-state index contributed by atoms with van der Waals surface area (Å²) in [5, 5.41) is 14.5. The molecule has 0 spiro atoms. The van der Waals surface area contributed by atoms with Crippen LogP contribution in [0.25, 0.3) is 5.65 Å². The smallest absolute Gasteiger partial charge is 0.256 e. The van der Waals surface area contributed by atoms with Gasteiger partial charge in [0.15, 0.2) is 16.6 Å². The molecule has 1 aliphatic heterocycles. The Bertz CT molecular complexity index is 1110. The number of carbonyl (C=O) groups is 1. The van der Waals surface area contributed by atoms with Crippen LogP contribution >= 0.6 is 11.6 Å². The van der Waals surface area contributed by atoms with E-state index in [1.807, 2.05) is 0 Å². The second-order valence-corrected chi connectivity index (χ2v) is 7.05. The van der Waals surface area contributed by atoms with Gasteiger partial charge in [0.1, 0.15) is 11.9 Å². The number of hydrogen-bond donors (Lipinski definition) is 2. The van der Waals surface area contributed by atoms with Gasteiger partial charge in [-0.05, 0) is 6.08 Å². The van der Waals surface area contributed by atoms with Gasteiger partial charge in [0.05, 0.1) is 32.1 Å². The minimum atomic E-state index is -1.29. The lowest BCUT2D eigenvalue weighted by Crippen LogP contribution is -2.40. The molecule has 0 bridgehead atoms. The number of anilines is 3. The van der Waals surface area contributed by atoms with Gasteiger partial charge in [0, 0.05) is 13.6 Å². The van der Waals surface area contributed by atoms with E-state index in [1.54, 1.807) is 22.8 Å². The molecule has 2 unspecified atom stereocenters. The molecule has 2 N–H and O–H groups in total. The van der Waals surface area contributed by atoms with E-state index >= 15 is 0 Å². The third-order valence-corrected chi connectivity index (χ3v) is 4.85. The van der Waals surface area contributed by atoms with Crippen LogP contribution in [0, 0.1) is 0 Å². The van der Waals surface area contributed by atoms with Crippen LogP contribution in [0.15, 0.2) is 25.0 Å². The molecule has 1 fully saturated rings. The first kappa shape index (κ1) is 19.9. The van der Waals surface area contributed by atoms with Crippen molar-refractivity contribution in [2.24, 2.45) is 7.05 Å². The van der Waals surface area contributed by atoms with E-state index in [0.29, 0.717) is 23.0 Å². The fourth-order valence-corrected chi connectivity index (χ4v) is 3.37. The Morgan fingerprint density at radius 2 is 2.23 bits per heavy atom. The average Bonchev–Trinajstić information content (AvgIpc) is 3.39. The maximum atomic E-state index is 14.5. The molecule has 4 rings (SSSR count). The highest BCUT2D eigenvalue weighted by atomic mass is 35.5. The Kier molecular flexibility index (Phi) is 5.16. The second kappa shape index (κ2) is 7.78. The number of nitrogens with one attached hydrogen (secondary N) is 2. The first-order chi connectivity index (χ1) is 14.4. The monoisotopic (exact) mass is 435 g/mol. The van der Waals surface area contributed by atoms with Gasteiger partial charge in [-0.3, -0.25) is 9.48 Å². The van der Waals surface area contributed by atoms with Gasteiger partial charge in [-0.2, -0.15) is 9.50 Å². The highest BCUT2D eigenvalue weighted by molar-refractivity contribution is 6.29. The van der Waals surface area contributed by atoms with E-state index in [2.05, 4.69) is 37.4 Å². The largest absolute Gasteiger partial charge is 0.478 e. The third-order valence-electron chi connectivity index (χ3n) is 4.60. The van der Waals surface area contributed by atoms with Crippen molar-refractivity contribution >= 4 is 40.6 Å². The van der Waals surface area contributed by atoms with Gasteiger partial charge < -0.3 is 20.3 Å². The van der Waals surface area contributed by atoms with Gasteiger partial charge in [0.2, 0.25) is 11.9 Å². The molecule has 2 atom stereocenters. The Hall–Kier alpha value is -3.41. The van der Waals surface area contributed by atoms with Gasteiger partial charge >= 0.3 is 0 Å². The highest BCUT2D eigenvalue weighted by Crippen LogP contribution is 2.29. The number of imidazole rings is 1. The predicted octanol–water partition coefficient (Wildman–Crippen LogP) is 1.09. The minimum absolute atomic E-state index is 0.00949. The van der Waals surface area contributed by atoms with Crippen LogP contribution in [0.3, 0.4) is 0 Å². The number of fused-ring (bicyclic) bond motifs is 1. The van der Waals surface area contributed by atoms with Crippen molar-refractivity contribution in [2.75, 3.05) is 30.4 Å². The zero-order chi connectivity index (χ0) is 21.4. The molecule has 0 aromatic carbocycles. The quantitative estimate of drug-likeness (QED) is 0.553. The summed E-state index contributed by atoms with van der Waals surface area (Å²) in [6.45, 7) is 3.59. The van der Waals surface area contributed by atoms with Crippen LogP contribution in [-0.2, 0) is 11.8 Å². The van der Waals surface area contributed by atoms with Crippen LogP contribution in [0.5, 0.6) is 5.88 Å².